The van der Waals surface area contributed by atoms with Crippen molar-refractivity contribution < 1.29 is 14.4 Å². The van der Waals surface area contributed by atoms with Crippen LogP contribution in [-0.4, -0.2) is 75.5 Å². The van der Waals surface area contributed by atoms with Gasteiger partial charge >= 0.3 is 0 Å². The molecule has 3 heterocycles. The molecule has 1 saturated heterocycles. The van der Waals surface area contributed by atoms with E-state index >= 15 is 0 Å². The van der Waals surface area contributed by atoms with Crippen molar-refractivity contribution in [3.05, 3.63) is 96.0 Å². The molecule has 3 amide bonds. The Balaban J connectivity index is 1.18. The van der Waals surface area contributed by atoms with Crippen LogP contribution in [0.2, 0.25) is 0 Å². The number of aromatic nitrogens is 3. The standard InChI is InChI=1S/C32H33N7O3/c1-37(2)29(40)13-6-21-4-7-22(8-5-21)23-9-11-24(12-10-23)32(42)39-15-14-27(20-39)36-31(41)28-16-25(17-34-30(28)33)26-18-35-38(3)19-26/h4-13,16-19,27H,14-15,20H2,1-3H3,(H2,33,34)(H,36,41)/b13-6+/t27-/m1/s1. The smallest absolute Gasteiger partial charge is 0.255 e. The molecule has 0 saturated carbocycles. The zero-order chi connectivity index (χ0) is 29.8. The molecule has 1 aliphatic rings. The summed E-state index contributed by atoms with van der Waals surface area (Å²) in [6.07, 6.45) is 9.13. The van der Waals surface area contributed by atoms with Gasteiger partial charge in [-0.05, 0) is 47.4 Å². The summed E-state index contributed by atoms with van der Waals surface area (Å²) in [5.41, 5.74) is 11.4. The molecule has 0 spiro atoms. The van der Waals surface area contributed by atoms with E-state index in [2.05, 4.69) is 15.4 Å². The van der Waals surface area contributed by atoms with E-state index in [1.54, 1.807) is 48.2 Å². The van der Waals surface area contributed by atoms with Crippen molar-refractivity contribution in [2.24, 2.45) is 7.05 Å². The zero-order valence-electron chi connectivity index (χ0n) is 23.8. The summed E-state index contributed by atoms with van der Waals surface area (Å²) in [5.74, 6) is -0.319. The summed E-state index contributed by atoms with van der Waals surface area (Å²) in [6.45, 7) is 0.952. The Hall–Kier alpha value is -5.25. The van der Waals surface area contributed by atoms with Crippen LogP contribution in [0.5, 0.6) is 0 Å². The van der Waals surface area contributed by atoms with Crippen LogP contribution in [-0.2, 0) is 11.8 Å². The lowest BCUT2D eigenvalue weighted by Gasteiger charge is -2.18. The topological polar surface area (TPSA) is 126 Å². The Bertz CT molecular complexity index is 1640. The molecule has 0 unspecified atom stereocenters. The fourth-order valence-corrected chi connectivity index (χ4v) is 4.80. The zero-order valence-corrected chi connectivity index (χ0v) is 23.8. The highest BCUT2D eigenvalue weighted by molar-refractivity contribution is 6.00. The maximum atomic E-state index is 13.2. The van der Waals surface area contributed by atoms with Crippen LogP contribution in [0, 0.1) is 0 Å². The molecule has 1 atom stereocenters. The molecule has 1 fully saturated rings. The van der Waals surface area contributed by atoms with E-state index in [1.807, 2.05) is 61.8 Å². The molecule has 10 nitrogen and oxygen atoms in total. The molecule has 4 aromatic rings. The number of nitrogen functional groups attached to an aromatic ring is 1. The third-order valence-electron chi connectivity index (χ3n) is 7.25. The summed E-state index contributed by atoms with van der Waals surface area (Å²) in [5, 5.41) is 7.18. The third-order valence-corrected chi connectivity index (χ3v) is 7.25. The van der Waals surface area contributed by atoms with Gasteiger partial charge in [0.15, 0.2) is 0 Å². The van der Waals surface area contributed by atoms with Crippen LogP contribution >= 0.6 is 0 Å². The summed E-state index contributed by atoms with van der Waals surface area (Å²) in [4.78, 5) is 45.5. The van der Waals surface area contributed by atoms with Crippen LogP contribution in [0.3, 0.4) is 0 Å². The number of pyridine rings is 1. The van der Waals surface area contributed by atoms with Crippen molar-refractivity contribution in [3.8, 4) is 22.3 Å². The van der Waals surface area contributed by atoms with E-state index in [9.17, 15) is 14.4 Å². The van der Waals surface area contributed by atoms with Crippen LogP contribution < -0.4 is 11.1 Å². The van der Waals surface area contributed by atoms with Crippen molar-refractivity contribution in [3.63, 3.8) is 0 Å². The van der Waals surface area contributed by atoms with Crippen molar-refractivity contribution in [1.29, 1.82) is 0 Å². The second-order valence-corrected chi connectivity index (χ2v) is 10.5. The van der Waals surface area contributed by atoms with Gasteiger partial charge in [0.2, 0.25) is 5.91 Å². The van der Waals surface area contributed by atoms with Crippen LogP contribution in [0.25, 0.3) is 28.3 Å². The van der Waals surface area contributed by atoms with Crippen molar-refractivity contribution in [2.45, 2.75) is 12.5 Å². The minimum atomic E-state index is -0.319. The number of hydrogen-bond acceptors (Lipinski definition) is 6. The van der Waals surface area contributed by atoms with Gasteiger partial charge in [0.25, 0.3) is 11.8 Å². The molecule has 0 aliphatic carbocycles. The first-order chi connectivity index (χ1) is 20.2. The number of nitrogens with two attached hydrogens (primary N) is 1. The Morgan fingerprint density at radius 3 is 2.31 bits per heavy atom. The van der Waals surface area contributed by atoms with Gasteiger partial charge in [-0.25, -0.2) is 4.98 Å². The van der Waals surface area contributed by atoms with E-state index in [0.29, 0.717) is 30.6 Å². The van der Waals surface area contributed by atoms with Gasteiger partial charge < -0.3 is 20.9 Å². The average Bonchev–Trinajstić information content (AvgIpc) is 3.65. The van der Waals surface area contributed by atoms with Crippen molar-refractivity contribution in [2.75, 3.05) is 32.9 Å². The Morgan fingerprint density at radius 1 is 0.976 bits per heavy atom. The molecule has 2 aromatic heterocycles. The molecule has 3 N–H and O–H groups in total. The average molecular weight is 564 g/mol. The highest BCUT2D eigenvalue weighted by Crippen LogP contribution is 2.24. The first kappa shape index (κ1) is 28.3. The van der Waals surface area contributed by atoms with Gasteiger partial charge in [0.05, 0.1) is 11.8 Å². The maximum Gasteiger partial charge on any atom is 0.255 e. The molecule has 42 heavy (non-hydrogen) atoms. The quantitative estimate of drug-likeness (QED) is 0.332. The minimum absolute atomic E-state index is 0.0698. The summed E-state index contributed by atoms with van der Waals surface area (Å²) < 4.78 is 1.68. The summed E-state index contributed by atoms with van der Waals surface area (Å²) in [6, 6.07) is 16.9. The van der Waals surface area contributed by atoms with E-state index in [4.69, 9.17) is 5.73 Å². The van der Waals surface area contributed by atoms with E-state index in [0.717, 1.165) is 27.8 Å². The third kappa shape index (κ3) is 6.38. The Morgan fingerprint density at radius 2 is 1.67 bits per heavy atom. The monoisotopic (exact) mass is 563 g/mol. The van der Waals surface area contributed by atoms with Crippen LogP contribution in [0.15, 0.2) is 79.3 Å². The molecule has 10 heteroatoms. The molecule has 2 aromatic carbocycles. The highest BCUT2D eigenvalue weighted by Gasteiger charge is 2.29. The number of hydrogen-bond donors (Lipinski definition) is 2. The Labute approximate surface area is 244 Å². The minimum Gasteiger partial charge on any atom is -0.383 e. The number of rotatable bonds is 7. The lowest BCUT2D eigenvalue weighted by molar-refractivity contribution is -0.123. The number of carbonyl (C=O) groups is 3. The number of benzene rings is 2. The van der Waals surface area contributed by atoms with Gasteiger partial charge in [0.1, 0.15) is 5.82 Å². The predicted molar refractivity (Wildman–Crippen MR) is 162 cm³/mol. The molecular formula is C32H33N7O3. The summed E-state index contributed by atoms with van der Waals surface area (Å²) in [7, 11) is 5.24. The van der Waals surface area contributed by atoms with E-state index < -0.39 is 0 Å². The number of anilines is 1. The van der Waals surface area contributed by atoms with Crippen LogP contribution in [0.4, 0.5) is 5.82 Å². The molecule has 0 radical (unpaired) electrons. The predicted octanol–water partition coefficient (Wildman–Crippen LogP) is 3.48. The number of amides is 3. The van der Waals surface area contributed by atoms with Crippen molar-refractivity contribution >= 4 is 29.6 Å². The second kappa shape index (κ2) is 12.1. The lowest BCUT2D eigenvalue weighted by atomic mass is 10.0. The maximum absolute atomic E-state index is 13.2. The second-order valence-electron chi connectivity index (χ2n) is 10.5. The number of carbonyl (C=O) groups excluding carboxylic acids is 3. The molecule has 1 aliphatic heterocycles. The normalized spacial score (nSPS) is 14.7. The SMILES string of the molecule is CN(C)C(=O)/C=C/c1ccc(-c2ccc(C(=O)N3CC[C@@H](NC(=O)c4cc(-c5cnn(C)c5)cnc4N)C3)cc2)cc1. The number of aryl methyl sites for hydroxylation is 1. The molecule has 5 rings (SSSR count). The van der Waals surface area contributed by atoms with Gasteiger partial charge in [-0.1, -0.05) is 36.4 Å². The number of likely N-dealkylation sites (tertiary alicyclic amines) is 1. The number of likely N-dealkylation sites (N-methyl/N-ethyl adjacent to an activating group) is 1. The first-order valence-corrected chi connectivity index (χ1v) is 13.6. The fourth-order valence-electron chi connectivity index (χ4n) is 4.80. The highest BCUT2D eigenvalue weighted by atomic mass is 16.2. The van der Waals surface area contributed by atoms with E-state index in [1.165, 1.54) is 11.0 Å². The van der Waals surface area contributed by atoms with Gasteiger partial charge in [-0.15, -0.1) is 0 Å². The first-order valence-electron chi connectivity index (χ1n) is 13.6. The summed E-state index contributed by atoms with van der Waals surface area (Å²) >= 11 is 0. The van der Waals surface area contributed by atoms with Gasteiger partial charge in [-0.2, -0.15) is 5.10 Å². The lowest BCUT2D eigenvalue weighted by Crippen LogP contribution is -2.38. The van der Waals surface area contributed by atoms with Crippen LogP contribution in [0.1, 0.15) is 32.7 Å². The number of nitrogens with zero attached hydrogens (tertiary/aromatic N) is 5. The molecule has 214 valence electrons. The van der Waals surface area contributed by atoms with Gasteiger partial charge in [-0.3, -0.25) is 19.1 Å². The number of nitrogens with one attached hydrogen (secondary N) is 1. The largest absolute Gasteiger partial charge is 0.383 e. The Kier molecular flexibility index (Phi) is 8.14. The fraction of sp³-hybridized carbons (Fsp3) is 0.219. The van der Waals surface area contributed by atoms with Crippen molar-refractivity contribution in [1.82, 2.24) is 29.9 Å². The van der Waals surface area contributed by atoms with E-state index in [-0.39, 0.29) is 29.6 Å². The van der Waals surface area contributed by atoms with Gasteiger partial charge in [0, 0.05) is 75.4 Å². The molecular weight excluding hydrogens is 530 g/mol. The molecule has 0 bridgehead atoms.